The van der Waals surface area contributed by atoms with E-state index in [4.69, 9.17) is 0 Å². The fourth-order valence-electron chi connectivity index (χ4n) is 3.85. The van der Waals surface area contributed by atoms with Crippen LogP contribution in [-0.2, 0) is 7.05 Å². The highest BCUT2D eigenvalue weighted by atomic mass is 19.4. The number of aromatic nitrogens is 3. The Morgan fingerprint density at radius 1 is 1.06 bits per heavy atom. The van der Waals surface area contributed by atoms with Crippen molar-refractivity contribution in [2.75, 3.05) is 0 Å². The number of pyridine rings is 1. The van der Waals surface area contributed by atoms with E-state index in [9.17, 15) is 23.1 Å². The molecule has 10 heteroatoms. The second kappa shape index (κ2) is 9.03. The number of fused-ring (bicyclic) bond motifs is 1. The number of rotatable bonds is 6. The van der Waals surface area contributed by atoms with Gasteiger partial charge >= 0.3 is 6.36 Å². The average Bonchev–Trinajstić information content (AvgIpc) is 3.17. The average molecular weight is 484 g/mol. The van der Waals surface area contributed by atoms with Crippen molar-refractivity contribution in [2.45, 2.75) is 31.9 Å². The minimum atomic E-state index is -4.82. The number of hydrogen-bond acceptors (Lipinski definition) is 5. The number of alkyl halides is 3. The number of hydrogen-bond donors (Lipinski definition) is 2. The van der Waals surface area contributed by atoms with Crippen molar-refractivity contribution >= 4 is 16.7 Å². The molecule has 0 aliphatic heterocycles. The van der Waals surface area contributed by atoms with E-state index in [0.29, 0.717) is 16.8 Å². The Balaban J connectivity index is 1.65. The Bertz CT molecular complexity index is 1360. The minimum Gasteiger partial charge on any atom is -0.406 e. The first kappa shape index (κ1) is 24.2. The molecule has 2 heterocycles. The maximum absolute atomic E-state index is 13.4. The standard InChI is InChI=1S/C25H23F3N4O3/c1-24(2,34)22(15-8-10-18(11-9-15)35-25(26,27)28)31-23(33)21-19(14-30-32(21)3)20-12-16-6-4-5-7-17(16)13-29-20/h4-14,22,34H,1-3H3,(H,31,33)/t22-/m0/s1. The van der Waals surface area contributed by atoms with Crippen molar-refractivity contribution in [1.82, 2.24) is 20.1 Å². The van der Waals surface area contributed by atoms with Gasteiger partial charge in [-0.2, -0.15) is 5.10 Å². The molecule has 4 rings (SSSR count). The van der Waals surface area contributed by atoms with Crippen LogP contribution in [0.15, 0.2) is 67.0 Å². The van der Waals surface area contributed by atoms with Crippen LogP contribution in [0.3, 0.4) is 0 Å². The van der Waals surface area contributed by atoms with Gasteiger partial charge in [0.25, 0.3) is 5.91 Å². The molecule has 0 saturated carbocycles. The fraction of sp³-hybridized carbons (Fsp3) is 0.240. The number of amides is 1. The lowest BCUT2D eigenvalue weighted by molar-refractivity contribution is -0.274. The predicted molar refractivity (Wildman–Crippen MR) is 124 cm³/mol. The first-order valence-corrected chi connectivity index (χ1v) is 10.7. The quantitative estimate of drug-likeness (QED) is 0.411. The maximum atomic E-state index is 13.4. The van der Waals surface area contributed by atoms with Gasteiger partial charge in [0.1, 0.15) is 11.4 Å². The molecule has 4 aromatic rings. The normalized spacial score (nSPS) is 13.0. The van der Waals surface area contributed by atoms with Gasteiger partial charge in [0, 0.05) is 18.6 Å². The van der Waals surface area contributed by atoms with Crippen molar-refractivity contribution in [1.29, 1.82) is 0 Å². The molecule has 2 N–H and O–H groups in total. The lowest BCUT2D eigenvalue weighted by atomic mass is 9.91. The first-order valence-electron chi connectivity index (χ1n) is 10.7. The highest BCUT2D eigenvalue weighted by molar-refractivity contribution is 6.00. The van der Waals surface area contributed by atoms with E-state index in [1.807, 2.05) is 30.3 Å². The van der Waals surface area contributed by atoms with E-state index >= 15 is 0 Å². The molecular formula is C25H23F3N4O3. The first-order chi connectivity index (χ1) is 16.4. The van der Waals surface area contributed by atoms with Gasteiger partial charge in [-0.3, -0.25) is 14.5 Å². The number of carbonyl (C=O) groups is 1. The van der Waals surface area contributed by atoms with E-state index in [1.165, 1.54) is 36.9 Å². The summed E-state index contributed by atoms with van der Waals surface area (Å²) in [5, 5.41) is 19.6. The van der Waals surface area contributed by atoms with Gasteiger partial charge in [-0.05, 0) is 43.0 Å². The van der Waals surface area contributed by atoms with Crippen LogP contribution in [0.2, 0.25) is 0 Å². The van der Waals surface area contributed by atoms with Gasteiger partial charge in [0.15, 0.2) is 0 Å². The summed E-state index contributed by atoms with van der Waals surface area (Å²) in [4.78, 5) is 17.9. The Morgan fingerprint density at radius 3 is 2.34 bits per heavy atom. The smallest absolute Gasteiger partial charge is 0.406 e. The number of aryl methyl sites for hydroxylation is 1. The lowest BCUT2D eigenvalue weighted by Gasteiger charge is -2.31. The van der Waals surface area contributed by atoms with Crippen LogP contribution in [0.4, 0.5) is 13.2 Å². The highest BCUT2D eigenvalue weighted by Crippen LogP contribution is 2.31. The Labute approximate surface area is 199 Å². The van der Waals surface area contributed by atoms with Gasteiger partial charge in [-0.15, -0.1) is 13.2 Å². The van der Waals surface area contributed by atoms with E-state index in [0.717, 1.165) is 22.9 Å². The van der Waals surface area contributed by atoms with Gasteiger partial charge in [0.05, 0.1) is 29.1 Å². The molecule has 7 nitrogen and oxygen atoms in total. The fourth-order valence-corrected chi connectivity index (χ4v) is 3.85. The molecule has 2 aromatic heterocycles. The molecule has 0 fully saturated rings. The molecule has 35 heavy (non-hydrogen) atoms. The van der Waals surface area contributed by atoms with Crippen LogP contribution < -0.4 is 10.1 Å². The number of ether oxygens (including phenoxy) is 1. The Morgan fingerprint density at radius 2 is 1.71 bits per heavy atom. The van der Waals surface area contributed by atoms with Crippen LogP contribution in [0, 0.1) is 0 Å². The van der Waals surface area contributed by atoms with E-state index in [-0.39, 0.29) is 5.69 Å². The molecule has 2 aromatic carbocycles. The number of benzene rings is 2. The van der Waals surface area contributed by atoms with Gasteiger partial charge in [-0.1, -0.05) is 36.4 Å². The number of aliphatic hydroxyl groups is 1. The number of halogens is 3. The zero-order chi connectivity index (χ0) is 25.4. The molecule has 0 aliphatic carbocycles. The zero-order valence-corrected chi connectivity index (χ0v) is 19.2. The Hall–Kier alpha value is -3.92. The zero-order valence-electron chi connectivity index (χ0n) is 19.2. The molecule has 0 unspecified atom stereocenters. The monoisotopic (exact) mass is 484 g/mol. The summed E-state index contributed by atoms with van der Waals surface area (Å²) in [5.74, 6) is -0.934. The molecule has 0 aliphatic rings. The second-order valence-corrected chi connectivity index (χ2v) is 8.62. The minimum absolute atomic E-state index is 0.221. The Kier molecular flexibility index (Phi) is 6.25. The second-order valence-electron chi connectivity index (χ2n) is 8.62. The summed E-state index contributed by atoms with van der Waals surface area (Å²) < 4.78 is 42.8. The molecule has 1 amide bonds. The van der Waals surface area contributed by atoms with Crippen molar-refractivity contribution in [3.05, 3.63) is 78.2 Å². The van der Waals surface area contributed by atoms with Crippen LogP contribution >= 0.6 is 0 Å². The molecule has 0 radical (unpaired) electrons. The van der Waals surface area contributed by atoms with Crippen molar-refractivity contribution < 1.29 is 27.8 Å². The van der Waals surface area contributed by atoms with E-state index in [1.54, 1.807) is 13.2 Å². The highest BCUT2D eigenvalue weighted by Gasteiger charge is 2.33. The lowest BCUT2D eigenvalue weighted by Crippen LogP contribution is -2.42. The van der Waals surface area contributed by atoms with E-state index in [2.05, 4.69) is 20.1 Å². The van der Waals surface area contributed by atoms with Gasteiger partial charge in [-0.25, -0.2) is 0 Å². The third kappa shape index (κ3) is 5.43. The molecular weight excluding hydrogens is 461 g/mol. The van der Waals surface area contributed by atoms with Gasteiger partial charge < -0.3 is 15.2 Å². The summed E-state index contributed by atoms with van der Waals surface area (Å²) in [6.45, 7) is 2.99. The van der Waals surface area contributed by atoms with Crippen molar-refractivity contribution in [3.8, 4) is 17.0 Å². The van der Waals surface area contributed by atoms with Crippen molar-refractivity contribution in [3.63, 3.8) is 0 Å². The maximum Gasteiger partial charge on any atom is 0.573 e. The van der Waals surface area contributed by atoms with Crippen molar-refractivity contribution in [2.24, 2.45) is 7.05 Å². The number of nitrogens with one attached hydrogen (secondary N) is 1. The largest absolute Gasteiger partial charge is 0.573 e. The molecule has 0 spiro atoms. The SMILES string of the molecule is Cn1ncc(-c2cc3ccccc3cn2)c1C(=O)N[C@@H](c1ccc(OC(F)(F)F)cc1)C(C)(C)O. The van der Waals surface area contributed by atoms with Crippen LogP contribution in [0.1, 0.15) is 35.9 Å². The predicted octanol–water partition coefficient (Wildman–Crippen LogP) is 4.78. The summed E-state index contributed by atoms with van der Waals surface area (Å²) in [6, 6.07) is 13.6. The summed E-state index contributed by atoms with van der Waals surface area (Å²) in [7, 11) is 1.61. The van der Waals surface area contributed by atoms with E-state index < -0.39 is 29.7 Å². The van der Waals surface area contributed by atoms with Crippen LogP contribution in [-0.4, -0.2) is 37.7 Å². The molecule has 182 valence electrons. The number of carbonyl (C=O) groups excluding carboxylic acids is 1. The molecule has 1 atom stereocenters. The van der Waals surface area contributed by atoms with Crippen LogP contribution in [0.25, 0.3) is 22.0 Å². The third-order valence-corrected chi connectivity index (χ3v) is 5.49. The topological polar surface area (TPSA) is 89.3 Å². The van der Waals surface area contributed by atoms with Crippen LogP contribution in [0.5, 0.6) is 5.75 Å². The van der Waals surface area contributed by atoms with Gasteiger partial charge in [0.2, 0.25) is 0 Å². The summed E-state index contributed by atoms with van der Waals surface area (Å²) in [6.07, 6.45) is -1.57. The molecule has 0 bridgehead atoms. The third-order valence-electron chi connectivity index (χ3n) is 5.49. The summed E-state index contributed by atoms with van der Waals surface area (Å²) in [5.41, 5.74) is 0.226. The number of nitrogens with zero attached hydrogens (tertiary/aromatic N) is 3. The molecule has 0 saturated heterocycles. The summed E-state index contributed by atoms with van der Waals surface area (Å²) >= 11 is 0.